The molecule has 7 heteroatoms. The molecule has 3 aromatic carbocycles. The molecule has 1 fully saturated rings. The van der Waals surface area contributed by atoms with Crippen LogP contribution in [-0.2, 0) is 4.74 Å². The van der Waals surface area contributed by atoms with Gasteiger partial charge in [-0.05, 0) is 75.6 Å². The van der Waals surface area contributed by atoms with Crippen molar-refractivity contribution in [3.05, 3.63) is 83.7 Å². The fraction of sp³-hybridized carbons (Fsp3) is 0.355. The van der Waals surface area contributed by atoms with Crippen molar-refractivity contribution in [2.24, 2.45) is 0 Å². The first-order chi connectivity index (χ1) is 17.9. The van der Waals surface area contributed by atoms with Crippen molar-refractivity contribution < 1.29 is 18.7 Å². The summed E-state index contributed by atoms with van der Waals surface area (Å²) >= 11 is 0. The molecule has 0 saturated carbocycles. The van der Waals surface area contributed by atoms with Crippen LogP contribution in [0.3, 0.4) is 0 Å². The average molecular weight is 518 g/mol. The van der Waals surface area contributed by atoms with E-state index in [0.29, 0.717) is 36.4 Å². The molecule has 2 amide bonds. The molecule has 0 aromatic heterocycles. The van der Waals surface area contributed by atoms with Crippen molar-refractivity contribution in [1.29, 1.82) is 0 Å². The standard InChI is InChI=1S/C31H36FN3O3/c1-21-7-9-22(10-8-21)23-11-13-24(14-12-23)29(36)33(5)25-15-16-28(27(32)19-25)35-18-17-26(20-35)34(6)30(37)38-31(2,3)4/h7-16,19,26H,17-18,20H2,1-6H3. The number of amides is 2. The lowest BCUT2D eigenvalue weighted by Crippen LogP contribution is -2.42. The number of hydrogen-bond acceptors (Lipinski definition) is 4. The number of rotatable bonds is 5. The Morgan fingerprint density at radius 1 is 0.947 bits per heavy atom. The third-order valence-electron chi connectivity index (χ3n) is 6.87. The number of carbonyl (C=O) groups excluding carboxylic acids is 2. The maximum absolute atomic E-state index is 15.2. The van der Waals surface area contributed by atoms with E-state index in [1.165, 1.54) is 16.5 Å². The SMILES string of the molecule is Cc1ccc(-c2ccc(C(=O)N(C)c3ccc(N4CCC(N(C)C(=O)OC(C)(C)C)C4)c(F)c3)cc2)cc1. The van der Waals surface area contributed by atoms with Crippen LogP contribution in [0.1, 0.15) is 43.1 Å². The molecule has 0 spiro atoms. The Morgan fingerprint density at radius 3 is 2.13 bits per heavy atom. The normalized spacial score (nSPS) is 15.3. The van der Waals surface area contributed by atoms with Crippen LogP contribution < -0.4 is 9.80 Å². The monoisotopic (exact) mass is 517 g/mol. The average Bonchev–Trinajstić information content (AvgIpc) is 3.37. The van der Waals surface area contributed by atoms with Gasteiger partial charge in [0.15, 0.2) is 0 Å². The summed E-state index contributed by atoms with van der Waals surface area (Å²) in [5.74, 6) is -0.620. The summed E-state index contributed by atoms with van der Waals surface area (Å²) in [4.78, 5) is 30.5. The number of benzene rings is 3. The summed E-state index contributed by atoms with van der Waals surface area (Å²) in [6, 6.07) is 20.4. The Labute approximate surface area is 224 Å². The molecule has 0 aliphatic carbocycles. The Hall–Kier alpha value is -3.87. The molecule has 1 aliphatic rings. The summed E-state index contributed by atoms with van der Waals surface area (Å²) in [7, 11) is 3.36. The minimum Gasteiger partial charge on any atom is -0.444 e. The van der Waals surface area contributed by atoms with Gasteiger partial charge in [0.2, 0.25) is 0 Å². The number of anilines is 2. The fourth-order valence-corrected chi connectivity index (χ4v) is 4.58. The second-order valence-electron chi connectivity index (χ2n) is 10.9. The van der Waals surface area contributed by atoms with Crippen molar-refractivity contribution in [3.63, 3.8) is 0 Å². The quantitative estimate of drug-likeness (QED) is 0.387. The molecule has 38 heavy (non-hydrogen) atoms. The molecular weight excluding hydrogens is 481 g/mol. The minimum atomic E-state index is -0.571. The summed E-state index contributed by atoms with van der Waals surface area (Å²) in [5.41, 5.74) is 4.19. The second kappa shape index (κ2) is 10.9. The first kappa shape index (κ1) is 27.2. The van der Waals surface area contributed by atoms with E-state index in [-0.39, 0.29) is 18.0 Å². The van der Waals surface area contributed by atoms with E-state index in [0.717, 1.165) is 11.1 Å². The van der Waals surface area contributed by atoms with E-state index in [1.807, 2.05) is 44.7 Å². The van der Waals surface area contributed by atoms with E-state index in [4.69, 9.17) is 4.74 Å². The molecule has 200 valence electrons. The number of likely N-dealkylation sites (N-methyl/N-ethyl adjacent to an activating group) is 1. The van der Waals surface area contributed by atoms with Gasteiger partial charge in [-0.2, -0.15) is 0 Å². The highest BCUT2D eigenvalue weighted by molar-refractivity contribution is 6.06. The topological polar surface area (TPSA) is 53.1 Å². The van der Waals surface area contributed by atoms with Crippen molar-refractivity contribution in [3.8, 4) is 11.1 Å². The molecule has 0 N–H and O–H groups in total. The number of hydrogen-bond donors (Lipinski definition) is 0. The Morgan fingerprint density at radius 2 is 1.55 bits per heavy atom. The molecule has 3 aromatic rings. The van der Waals surface area contributed by atoms with Gasteiger partial charge < -0.3 is 19.4 Å². The Bertz CT molecular complexity index is 1300. The molecule has 1 heterocycles. The molecule has 0 radical (unpaired) electrons. The fourth-order valence-electron chi connectivity index (χ4n) is 4.58. The zero-order valence-electron chi connectivity index (χ0n) is 23.0. The lowest BCUT2D eigenvalue weighted by atomic mass is 10.0. The van der Waals surface area contributed by atoms with Gasteiger partial charge in [0, 0.05) is 38.4 Å². The number of ether oxygens (including phenoxy) is 1. The molecular formula is C31H36FN3O3. The molecule has 4 rings (SSSR count). The van der Waals surface area contributed by atoms with Gasteiger partial charge >= 0.3 is 6.09 Å². The molecule has 1 unspecified atom stereocenters. The minimum absolute atomic E-state index is 0.0731. The highest BCUT2D eigenvalue weighted by atomic mass is 19.1. The van der Waals surface area contributed by atoms with Crippen LogP contribution in [0.5, 0.6) is 0 Å². The third kappa shape index (κ3) is 6.15. The molecule has 0 bridgehead atoms. The van der Waals surface area contributed by atoms with Gasteiger partial charge in [-0.25, -0.2) is 9.18 Å². The number of aryl methyl sites for hydroxylation is 1. The maximum Gasteiger partial charge on any atom is 0.410 e. The highest BCUT2D eigenvalue weighted by Crippen LogP contribution is 2.30. The smallest absolute Gasteiger partial charge is 0.410 e. The first-order valence-corrected chi connectivity index (χ1v) is 12.9. The molecule has 1 saturated heterocycles. The Kier molecular flexibility index (Phi) is 7.76. The van der Waals surface area contributed by atoms with Crippen LogP contribution in [0.25, 0.3) is 11.1 Å². The summed E-state index contributed by atoms with van der Waals surface area (Å²) < 4.78 is 20.7. The first-order valence-electron chi connectivity index (χ1n) is 12.9. The number of halogens is 1. The van der Waals surface area contributed by atoms with Crippen molar-refractivity contribution >= 4 is 23.4 Å². The van der Waals surface area contributed by atoms with Gasteiger partial charge in [-0.3, -0.25) is 4.79 Å². The van der Waals surface area contributed by atoms with E-state index in [1.54, 1.807) is 43.3 Å². The van der Waals surface area contributed by atoms with Crippen molar-refractivity contribution in [2.45, 2.75) is 45.8 Å². The van der Waals surface area contributed by atoms with Crippen LogP contribution in [-0.4, -0.2) is 55.7 Å². The van der Waals surface area contributed by atoms with Crippen LogP contribution in [0.15, 0.2) is 66.7 Å². The van der Waals surface area contributed by atoms with Crippen molar-refractivity contribution in [2.75, 3.05) is 37.0 Å². The van der Waals surface area contributed by atoms with E-state index in [2.05, 4.69) is 24.3 Å². The van der Waals surface area contributed by atoms with Gasteiger partial charge in [0.1, 0.15) is 11.4 Å². The number of nitrogens with zero attached hydrogens (tertiary/aromatic N) is 3. The molecule has 1 aliphatic heterocycles. The second-order valence-corrected chi connectivity index (χ2v) is 10.9. The lowest BCUT2D eigenvalue weighted by Gasteiger charge is -2.29. The van der Waals surface area contributed by atoms with Crippen molar-refractivity contribution in [1.82, 2.24) is 4.90 Å². The van der Waals surface area contributed by atoms with Crippen LogP contribution in [0.4, 0.5) is 20.6 Å². The predicted molar refractivity (Wildman–Crippen MR) is 150 cm³/mol. The van der Waals surface area contributed by atoms with Gasteiger partial charge in [-0.15, -0.1) is 0 Å². The van der Waals surface area contributed by atoms with E-state index >= 15 is 4.39 Å². The maximum atomic E-state index is 15.2. The summed E-state index contributed by atoms with van der Waals surface area (Å²) in [5, 5.41) is 0. The van der Waals surface area contributed by atoms with Crippen LogP contribution >= 0.6 is 0 Å². The molecule has 6 nitrogen and oxygen atoms in total. The highest BCUT2D eigenvalue weighted by Gasteiger charge is 2.32. The third-order valence-corrected chi connectivity index (χ3v) is 6.87. The summed E-state index contributed by atoms with van der Waals surface area (Å²) in [6.45, 7) is 8.67. The van der Waals surface area contributed by atoms with Gasteiger partial charge in [0.05, 0.1) is 11.7 Å². The van der Waals surface area contributed by atoms with E-state index < -0.39 is 11.4 Å². The van der Waals surface area contributed by atoms with Gasteiger partial charge in [0.25, 0.3) is 5.91 Å². The van der Waals surface area contributed by atoms with Crippen LogP contribution in [0.2, 0.25) is 0 Å². The molecule has 1 atom stereocenters. The predicted octanol–water partition coefficient (Wildman–Crippen LogP) is 6.52. The van der Waals surface area contributed by atoms with Gasteiger partial charge in [-0.1, -0.05) is 42.0 Å². The zero-order chi connectivity index (χ0) is 27.6. The van der Waals surface area contributed by atoms with Crippen LogP contribution in [0, 0.1) is 12.7 Å². The number of carbonyl (C=O) groups is 2. The largest absolute Gasteiger partial charge is 0.444 e. The zero-order valence-corrected chi connectivity index (χ0v) is 23.0. The lowest BCUT2D eigenvalue weighted by molar-refractivity contribution is 0.0237. The van der Waals surface area contributed by atoms with E-state index in [9.17, 15) is 9.59 Å². The Balaban J connectivity index is 1.42. The summed E-state index contributed by atoms with van der Waals surface area (Å²) in [6.07, 6.45) is 0.334.